The van der Waals surface area contributed by atoms with Crippen LogP contribution in [0.3, 0.4) is 0 Å². The number of aromatic amines is 1. The van der Waals surface area contributed by atoms with E-state index in [1.165, 1.54) is 10.9 Å². The number of H-pyrrole nitrogens is 1. The molecule has 2 heterocycles. The zero-order valence-electron chi connectivity index (χ0n) is 13.7. The molecule has 10 nitrogen and oxygen atoms in total. The van der Waals surface area contributed by atoms with E-state index in [0.717, 1.165) is 0 Å². The fourth-order valence-electron chi connectivity index (χ4n) is 1.75. The minimum atomic E-state index is -0.746. The second kappa shape index (κ2) is 7.07. The quantitative estimate of drug-likeness (QED) is 0.552. The molecule has 0 aromatic carbocycles. The van der Waals surface area contributed by atoms with Crippen LogP contribution in [0, 0.1) is 5.41 Å². The highest BCUT2D eigenvalue weighted by atomic mass is 16.5. The fraction of sp³-hybridized carbons (Fsp3) is 0.571. The van der Waals surface area contributed by atoms with Crippen molar-refractivity contribution in [3.63, 3.8) is 0 Å². The van der Waals surface area contributed by atoms with Crippen molar-refractivity contribution >= 4 is 23.0 Å². The van der Waals surface area contributed by atoms with Gasteiger partial charge in [-0.2, -0.15) is 4.98 Å². The number of carbonyl (C=O) groups excluding carboxylic acids is 1. The van der Waals surface area contributed by atoms with Crippen LogP contribution in [-0.2, 0) is 16.3 Å². The Morgan fingerprint density at radius 3 is 2.67 bits per heavy atom. The van der Waals surface area contributed by atoms with Gasteiger partial charge in [-0.25, -0.2) is 4.98 Å². The van der Waals surface area contributed by atoms with Crippen LogP contribution in [0.2, 0.25) is 0 Å². The largest absolute Gasteiger partial charge is 0.394 e. The van der Waals surface area contributed by atoms with Crippen LogP contribution in [-0.4, -0.2) is 55.0 Å². The van der Waals surface area contributed by atoms with Crippen LogP contribution in [0.15, 0.2) is 11.1 Å². The zero-order valence-corrected chi connectivity index (χ0v) is 13.7. The lowest BCUT2D eigenvalue weighted by molar-refractivity contribution is -0.123. The van der Waals surface area contributed by atoms with E-state index in [1.807, 2.05) is 0 Å². The Kier molecular flexibility index (Phi) is 5.32. The third-order valence-corrected chi connectivity index (χ3v) is 3.24. The van der Waals surface area contributed by atoms with Gasteiger partial charge in [-0.3, -0.25) is 24.5 Å². The second-order valence-electron chi connectivity index (χ2n) is 6.29. The van der Waals surface area contributed by atoms with Crippen LogP contribution < -0.4 is 10.9 Å². The first-order chi connectivity index (χ1) is 11.3. The molecule has 1 amide bonds. The summed E-state index contributed by atoms with van der Waals surface area (Å²) >= 11 is 0. The van der Waals surface area contributed by atoms with Crippen molar-refractivity contribution in [3.05, 3.63) is 16.7 Å². The van der Waals surface area contributed by atoms with E-state index in [-0.39, 0.29) is 43.0 Å². The van der Waals surface area contributed by atoms with E-state index in [4.69, 9.17) is 14.9 Å². The molecule has 4 N–H and O–H groups in total. The van der Waals surface area contributed by atoms with Gasteiger partial charge >= 0.3 is 0 Å². The number of aliphatic hydroxyl groups is 2. The number of aliphatic hydroxyl groups excluding tert-OH is 2. The second-order valence-corrected chi connectivity index (χ2v) is 6.29. The Labute approximate surface area is 137 Å². The first-order valence-electron chi connectivity index (χ1n) is 7.36. The first kappa shape index (κ1) is 18.0. The number of fused-ring (bicyclic) bond motifs is 1. The molecule has 0 aliphatic carbocycles. The number of ether oxygens (including phenoxy) is 1. The molecule has 2 aromatic rings. The molecule has 0 unspecified atom stereocenters. The van der Waals surface area contributed by atoms with Gasteiger partial charge in [-0.05, 0) is 0 Å². The predicted molar refractivity (Wildman–Crippen MR) is 85.3 cm³/mol. The molecule has 0 saturated carbocycles. The summed E-state index contributed by atoms with van der Waals surface area (Å²) < 4.78 is 6.73. The third-order valence-electron chi connectivity index (χ3n) is 3.24. The summed E-state index contributed by atoms with van der Waals surface area (Å²) in [7, 11) is 0. The molecular formula is C14H21N5O5. The van der Waals surface area contributed by atoms with Gasteiger partial charge < -0.3 is 14.9 Å². The summed E-state index contributed by atoms with van der Waals surface area (Å²) in [6, 6.07) is 0. The van der Waals surface area contributed by atoms with Crippen LogP contribution >= 0.6 is 0 Å². The monoisotopic (exact) mass is 339 g/mol. The Morgan fingerprint density at radius 2 is 2.08 bits per heavy atom. The van der Waals surface area contributed by atoms with Gasteiger partial charge in [0.1, 0.15) is 12.8 Å². The van der Waals surface area contributed by atoms with Gasteiger partial charge in [-0.1, -0.05) is 20.8 Å². The number of nitrogens with one attached hydrogen (secondary N) is 2. The molecule has 0 bridgehead atoms. The average Bonchev–Trinajstić information content (AvgIpc) is 2.91. The molecule has 0 radical (unpaired) electrons. The normalized spacial score (nSPS) is 12.1. The summed E-state index contributed by atoms with van der Waals surface area (Å²) in [5.41, 5.74) is -0.829. The van der Waals surface area contributed by atoms with Crippen molar-refractivity contribution in [3.8, 4) is 0 Å². The van der Waals surface area contributed by atoms with Crippen LogP contribution in [0.4, 0.5) is 5.95 Å². The Balaban J connectivity index is 2.29. The van der Waals surface area contributed by atoms with Gasteiger partial charge in [0.25, 0.3) is 5.56 Å². The van der Waals surface area contributed by atoms with Crippen molar-refractivity contribution in [2.45, 2.75) is 33.6 Å². The van der Waals surface area contributed by atoms with E-state index < -0.39 is 17.1 Å². The minimum absolute atomic E-state index is 0.00930. The number of rotatable bonds is 6. The molecule has 0 aliphatic rings. The van der Waals surface area contributed by atoms with Crippen molar-refractivity contribution in [2.75, 3.05) is 18.5 Å². The van der Waals surface area contributed by atoms with Crippen molar-refractivity contribution in [1.29, 1.82) is 0 Å². The molecule has 0 saturated heterocycles. The minimum Gasteiger partial charge on any atom is -0.394 e. The highest BCUT2D eigenvalue weighted by Crippen LogP contribution is 2.16. The molecule has 0 aliphatic heterocycles. The Morgan fingerprint density at radius 1 is 1.42 bits per heavy atom. The highest BCUT2D eigenvalue weighted by molar-refractivity contribution is 5.93. The van der Waals surface area contributed by atoms with Crippen LogP contribution in [0.1, 0.15) is 20.8 Å². The molecule has 0 fully saturated rings. The third kappa shape index (κ3) is 3.96. The van der Waals surface area contributed by atoms with Crippen molar-refractivity contribution in [2.24, 2.45) is 5.41 Å². The number of carbonyl (C=O) groups is 1. The molecule has 2 aromatic heterocycles. The van der Waals surface area contributed by atoms with Gasteiger partial charge in [-0.15, -0.1) is 0 Å². The Hall–Kier alpha value is -2.30. The highest BCUT2D eigenvalue weighted by Gasteiger charge is 2.22. The summed E-state index contributed by atoms with van der Waals surface area (Å²) in [6.45, 7) is 4.46. The number of anilines is 1. The number of amides is 1. The molecule has 132 valence electrons. The fourth-order valence-corrected chi connectivity index (χ4v) is 1.75. The SMILES string of the molecule is CC(C)(C)C(=O)Nc1nc2c(ncn2COC(CO)CO)c(=O)[nH]1. The number of aromatic nitrogens is 4. The van der Waals surface area contributed by atoms with E-state index in [9.17, 15) is 9.59 Å². The zero-order chi connectivity index (χ0) is 17.9. The molecule has 10 heteroatoms. The lowest BCUT2D eigenvalue weighted by Gasteiger charge is -2.17. The molecule has 2 rings (SSSR count). The van der Waals surface area contributed by atoms with E-state index in [1.54, 1.807) is 20.8 Å². The standard InChI is InChI=1S/C14H21N5O5/c1-14(2,3)12(23)18-13-16-10-9(11(22)17-13)15-6-19(10)7-24-8(4-20)5-21/h6,8,20-21H,4-5,7H2,1-3H3,(H2,16,17,18,22,23). The van der Waals surface area contributed by atoms with Gasteiger partial charge in [0.05, 0.1) is 19.5 Å². The maximum absolute atomic E-state index is 12.1. The van der Waals surface area contributed by atoms with Crippen molar-refractivity contribution in [1.82, 2.24) is 19.5 Å². The van der Waals surface area contributed by atoms with Crippen molar-refractivity contribution < 1.29 is 19.7 Å². The Bertz CT molecular complexity index is 772. The maximum atomic E-state index is 12.1. The molecule has 24 heavy (non-hydrogen) atoms. The predicted octanol–water partition coefficient (Wildman–Crippen LogP) is -0.568. The average molecular weight is 339 g/mol. The molecular weight excluding hydrogens is 318 g/mol. The number of hydrogen-bond acceptors (Lipinski definition) is 7. The number of imidazole rings is 1. The smallest absolute Gasteiger partial charge is 0.280 e. The lowest BCUT2D eigenvalue weighted by atomic mass is 9.96. The molecule has 0 spiro atoms. The first-order valence-corrected chi connectivity index (χ1v) is 7.36. The summed E-state index contributed by atoms with van der Waals surface area (Å²) in [5.74, 6) is -0.289. The van der Waals surface area contributed by atoms with E-state index in [2.05, 4.69) is 20.3 Å². The van der Waals surface area contributed by atoms with Crippen LogP contribution in [0.25, 0.3) is 11.2 Å². The van der Waals surface area contributed by atoms with Gasteiger partial charge in [0.15, 0.2) is 11.2 Å². The lowest BCUT2D eigenvalue weighted by Crippen LogP contribution is -2.29. The maximum Gasteiger partial charge on any atom is 0.280 e. The molecule has 0 atom stereocenters. The van der Waals surface area contributed by atoms with E-state index >= 15 is 0 Å². The topological polar surface area (TPSA) is 142 Å². The van der Waals surface area contributed by atoms with E-state index in [0.29, 0.717) is 0 Å². The van der Waals surface area contributed by atoms with Gasteiger partial charge in [0.2, 0.25) is 11.9 Å². The summed E-state index contributed by atoms with van der Waals surface area (Å²) in [5, 5.41) is 20.6. The number of hydrogen-bond donors (Lipinski definition) is 4. The summed E-state index contributed by atoms with van der Waals surface area (Å²) in [4.78, 5) is 34.7. The summed E-state index contributed by atoms with van der Waals surface area (Å²) in [6.07, 6.45) is 0.609. The van der Waals surface area contributed by atoms with Gasteiger partial charge in [0, 0.05) is 5.41 Å². The number of nitrogens with zero attached hydrogens (tertiary/aromatic N) is 3. The van der Waals surface area contributed by atoms with Crippen LogP contribution in [0.5, 0.6) is 0 Å².